The minimum Gasteiger partial charge on any atom is -0.283 e. The molecule has 0 spiro atoms. The molecule has 7 heteroatoms. The quantitative estimate of drug-likeness (QED) is 0.493. The van der Waals surface area contributed by atoms with Crippen LogP contribution in [0.25, 0.3) is 39.5 Å². The molecule has 0 fully saturated rings. The highest BCUT2D eigenvalue weighted by molar-refractivity contribution is 5.85. The number of nitrogens with zero attached hydrogens (tertiary/aromatic N) is 7. The summed E-state index contributed by atoms with van der Waals surface area (Å²) < 4.78 is 3.73. The van der Waals surface area contributed by atoms with Crippen molar-refractivity contribution in [1.29, 1.82) is 0 Å². The lowest BCUT2D eigenvalue weighted by Gasteiger charge is -2.06. The van der Waals surface area contributed by atoms with Gasteiger partial charge in [0.25, 0.3) is 0 Å². The van der Waals surface area contributed by atoms with Crippen LogP contribution < -0.4 is 0 Å². The maximum absolute atomic E-state index is 4.73. The number of rotatable bonds is 2. The molecule has 5 aromatic rings. The predicted molar refractivity (Wildman–Crippen MR) is 98.5 cm³/mol. The molecule has 0 saturated heterocycles. The summed E-state index contributed by atoms with van der Waals surface area (Å²) in [5, 5.41) is 5.26. The highest BCUT2D eigenvalue weighted by Crippen LogP contribution is 2.32. The van der Waals surface area contributed by atoms with Gasteiger partial charge in [0, 0.05) is 42.3 Å². The van der Waals surface area contributed by atoms with E-state index >= 15 is 0 Å². The first-order chi connectivity index (χ1) is 12.7. The van der Waals surface area contributed by atoms with Crippen molar-refractivity contribution in [3.05, 3.63) is 60.8 Å². The second kappa shape index (κ2) is 5.45. The van der Waals surface area contributed by atoms with Crippen molar-refractivity contribution in [3.8, 4) is 22.6 Å². The first-order valence-corrected chi connectivity index (χ1v) is 8.26. The second-order valence-corrected chi connectivity index (χ2v) is 6.17. The van der Waals surface area contributed by atoms with Gasteiger partial charge in [0.2, 0.25) is 5.78 Å². The van der Waals surface area contributed by atoms with Crippen molar-refractivity contribution in [2.45, 2.75) is 6.92 Å². The summed E-state index contributed by atoms with van der Waals surface area (Å²) in [7, 11) is 1.88. The van der Waals surface area contributed by atoms with Crippen LogP contribution in [0.1, 0.15) is 5.69 Å². The predicted octanol–water partition coefficient (Wildman–Crippen LogP) is 3.05. The van der Waals surface area contributed by atoms with Crippen LogP contribution in [-0.2, 0) is 7.05 Å². The molecule has 0 amide bonds. The van der Waals surface area contributed by atoms with Crippen LogP contribution in [0.4, 0.5) is 0 Å². The Bertz CT molecular complexity index is 1270. The molecular formula is C19H15N7. The summed E-state index contributed by atoms with van der Waals surface area (Å²) in [6.45, 7) is 1.97. The number of imidazole rings is 1. The number of fused-ring (bicyclic) bond motifs is 2. The lowest BCUT2D eigenvalue weighted by molar-refractivity contribution is 0.786. The first kappa shape index (κ1) is 14.7. The number of pyridine rings is 2. The summed E-state index contributed by atoms with van der Waals surface area (Å²) in [6, 6.07) is 9.89. The van der Waals surface area contributed by atoms with Crippen molar-refractivity contribution in [2.24, 2.45) is 7.05 Å². The molecule has 5 rings (SSSR count). The zero-order valence-corrected chi connectivity index (χ0v) is 14.3. The molecule has 0 atom stereocenters. The summed E-state index contributed by atoms with van der Waals surface area (Å²) in [5.74, 6) is 0.632. The summed E-state index contributed by atoms with van der Waals surface area (Å²) in [5.41, 5.74) is 5.26. The van der Waals surface area contributed by atoms with E-state index < -0.39 is 0 Å². The van der Waals surface area contributed by atoms with E-state index in [1.165, 1.54) is 0 Å². The Kier molecular flexibility index (Phi) is 3.08. The zero-order valence-electron chi connectivity index (χ0n) is 14.3. The van der Waals surface area contributed by atoms with Crippen LogP contribution in [0.15, 0.2) is 55.1 Å². The van der Waals surface area contributed by atoms with Crippen molar-refractivity contribution in [1.82, 2.24) is 34.1 Å². The van der Waals surface area contributed by atoms with Gasteiger partial charge in [-0.3, -0.25) is 14.1 Å². The van der Waals surface area contributed by atoms with E-state index in [1.807, 2.05) is 61.2 Å². The van der Waals surface area contributed by atoms with Crippen LogP contribution in [0.3, 0.4) is 0 Å². The average molecular weight is 341 g/mol. The molecule has 0 radical (unpaired) electrons. The summed E-state index contributed by atoms with van der Waals surface area (Å²) in [6.07, 6.45) is 7.36. The van der Waals surface area contributed by atoms with E-state index in [2.05, 4.69) is 26.1 Å². The number of aryl methyl sites for hydroxylation is 2. The molecule has 126 valence electrons. The fourth-order valence-corrected chi connectivity index (χ4v) is 3.19. The monoisotopic (exact) mass is 341 g/mol. The van der Waals surface area contributed by atoms with E-state index in [-0.39, 0.29) is 0 Å². The summed E-state index contributed by atoms with van der Waals surface area (Å²) in [4.78, 5) is 18.3. The molecule has 0 N–H and O–H groups in total. The van der Waals surface area contributed by atoms with Crippen LogP contribution in [-0.4, -0.2) is 34.1 Å². The topological polar surface area (TPSA) is 73.8 Å². The molecule has 0 bridgehead atoms. The molecule has 0 aliphatic heterocycles. The Hall–Kier alpha value is -3.61. The minimum absolute atomic E-state index is 0.632. The largest absolute Gasteiger partial charge is 0.283 e. The van der Waals surface area contributed by atoms with E-state index in [0.717, 1.165) is 39.4 Å². The molecule has 5 aromatic heterocycles. The Balaban J connectivity index is 1.83. The van der Waals surface area contributed by atoms with Crippen molar-refractivity contribution in [2.75, 3.05) is 0 Å². The van der Waals surface area contributed by atoms with Gasteiger partial charge in [-0.05, 0) is 31.2 Å². The van der Waals surface area contributed by atoms with Crippen molar-refractivity contribution >= 4 is 16.8 Å². The second-order valence-electron chi connectivity index (χ2n) is 6.17. The van der Waals surface area contributed by atoms with Gasteiger partial charge in [-0.25, -0.2) is 15.0 Å². The molecule has 0 aromatic carbocycles. The van der Waals surface area contributed by atoms with Crippen LogP contribution >= 0.6 is 0 Å². The molecule has 26 heavy (non-hydrogen) atoms. The van der Waals surface area contributed by atoms with Crippen LogP contribution in [0.5, 0.6) is 0 Å². The molecule has 5 heterocycles. The van der Waals surface area contributed by atoms with Gasteiger partial charge in [0.05, 0.1) is 17.6 Å². The first-order valence-electron chi connectivity index (χ1n) is 8.26. The molecule has 0 aliphatic carbocycles. The molecule has 0 unspecified atom stereocenters. The fraction of sp³-hybridized carbons (Fsp3) is 0.105. The number of aromatic nitrogens is 7. The van der Waals surface area contributed by atoms with Gasteiger partial charge in [0.15, 0.2) is 5.65 Å². The lowest BCUT2D eigenvalue weighted by Crippen LogP contribution is -1.94. The van der Waals surface area contributed by atoms with Crippen molar-refractivity contribution < 1.29 is 0 Å². The molecular weight excluding hydrogens is 326 g/mol. The van der Waals surface area contributed by atoms with Crippen LogP contribution in [0, 0.1) is 6.92 Å². The standard InChI is InChI=1S/C19H15N7/c1-12-5-3-6-15(23-12)16-17(26-8-4-7-20-19(26)24-16)13-9-14-11-22-25(2)18(14)21-10-13/h3-11H,1-2H3. The highest BCUT2D eigenvalue weighted by atomic mass is 15.3. The maximum Gasteiger partial charge on any atom is 0.234 e. The molecule has 0 saturated carbocycles. The van der Waals surface area contributed by atoms with Crippen LogP contribution in [0.2, 0.25) is 0 Å². The maximum atomic E-state index is 4.73. The molecule has 0 aliphatic rings. The lowest BCUT2D eigenvalue weighted by atomic mass is 10.1. The van der Waals surface area contributed by atoms with Gasteiger partial charge < -0.3 is 0 Å². The highest BCUT2D eigenvalue weighted by Gasteiger charge is 2.18. The van der Waals surface area contributed by atoms with E-state index in [1.54, 1.807) is 10.9 Å². The molecule has 7 nitrogen and oxygen atoms in total. The number of hydrogen-bond donors (Lipinski definition) is 0. The van der Waals surface area contributed by atoms with Gasteiger partial charge in [-0.15, -0.1) is 0 Å². The Labute approximate surface area is 149 Å². The average Bonchev–Trinajstić information content (AvgIpc) is 3.22. The van der Waals surface area contributed by atoms with Gasteiger partial charge in [-0.1, -0.05) is 6.07 Å². The zero-order chi connectivity index (χ0) is 17.7. The third-order valence-corrected chi connectivity index (χ3v) is 4.38. The Morgan fingerprint density at radius 3 is 2.81 bits per heavy atom. The number of hydrogen-bond acceptors (Lipinski definition) is 5. The SMILES string of the molecule is Cc1cccc(-c2nc3ncccn3c2-c2cnc3c(cnn3C)c2)n1. The van der Waals surface area contributed by atoms with Gasteiger partial charge in [0.1, 0.15) is 5.69 Å². The summed E-state index contributed by atoms with van der Waals surface area (Å²) >= 11 is 0. The van der Waals surface area contributed by atoms with Gasteiger partial charge >= 0.3 is 0 Å². The van der Waals surface area contributed by atoms with E-state index in [9.17, 15) is 0 Å². The fourth-order valence-electron chi connectivity index (χ4n) is 3.19. The normalized spacial score (nSPS) is 11.5. The third-order valence-electron chi connectivity index (χ3n) is 4.38. The van der Waals surface area contributed by atoms with E-state index in [0.29, 0.717) is 5.78 Å². The van der Waals surface area contributed by atoms with E-state index in [4.69, 9.17) is 4.98 Å². The van der Waals surface area contributed by atoms with Crippen molar-refractivity contribution in [3.63, 3.8) is 0 Å². The minimum atomic E-state index is 0.632. The smallest absolute Gasteiger partial charge is 0.234 e. The van der Waals surface area contributed by atoms with Gasteiger partial charge in [-0.2, -0.15) is 5.10 Å². The Morgan fingerprint density at radius 2 is 1.92 bits per heavy atom. The third kappa shape index (κ3) is 2.17. The Morgan fingerprint density at radius 1 is 1.00 bits per heavy atom.